The number of halogens is 1. The first-order chi connectivity index (χ1) is 8.02. The third-order valence-electron chi connectivity index (χ3n) is 3.05. The number of hydrogen-bond acceptors (Lipinski definition) is 3. The van der Waals surface area contributed by atoms with E-state index in [1.807, 2.05) is 0 Å². The van der Waals surface area contributed by atoms with Crippen molar-refractivity contribution in [2.75, 3.05) is 11.5 Å². The van der Waals surface area contributed by atoms with Crippen LogP contribution in [0.4, 0.5) is 4.39 Å². The molecule has 92 valence electrons. The predicted octanol–water partition coefficient (Wildman–Crippen LogP) is 1.94. The van der Waals surface area contributed by atoms with Crippen LogP contribution in [0.3, 0.4) is 0 Å². The maximum absolute atomic E-state index is 14.1. The smallest absolute Gasteiger partial charge is 0.150 e. The highest BCUT2D eigenvalue weighted by Crippen LogP contribution is 2.34. The van der Waals surface area contributed by atoms with Crippen LogP contribution < -0.4 is 0 Å². The minimum atomic E-state index is -3.07. The van der Waals surface area contributed by atoms with Gasteiger partial charge in [0.15, 0.2) is 9.84 Å². The van der Waals surface area contributed by atoms with Crippen molar-refractivity contribution >= 4 is 16.1 Å². The number of carbonyl (C=O) groups excluding carboxylic acids is 1. The molecule has 0 aromatic heterocycles. The van der Waals surface area contributed by atoms with Crippen LogP contribution in [0.15, 0.2) is 24.3 Å². The maximum atomic E-state index is 14.1. The Balaban J connectivity index is 2.19. The molecule has 0 aliphatic carbocycles. The Morgan fingerprint density at radius 1 is 1.41 bits per heavy atom. The van der Waals surface area contributed by atoms with E-state index in [1.165, 1.54) is 6.07 Å². The van der Waals surface area contributed by atoms with Gasteiger partial charge in [-0.25, -0.2) is 12.8 Å². The van der Waals surface area contributed by atoms with Crippen molar-refractivity contribution in [2.45, 2.75) is 12.6 Å². The number of aldehydes is 1. The third-order valence-corrected chi connectivity index (χ3v) is 4.84. The van der Waals surface area contributed by atoms with Crippen molar-refractivity contribution in [3.63, 3.8) is 0 Å². The van der Waals surface area contributed by atoms with Gasteiger partial charge in [0.05, 0.1) is 11.5 Å². The molecule has 0 spiro atoms. The molecule has 0 radical (unpaired) electrons. The molecule has 5 heteroatoms. The molecule has 0 N–H and O–H groups in total. The fourth-order valence-corrected chi connectivity index (χ4v) is 3.95. The summed E-state index contributed by atoms with van der Waals surface area (Å²) in [5.41, 5.74) is 0.794. The van der Waals surface area contributed by atoms with Gasteiger partial charge in [0, 0.05) is 11.5 Å². The van der Waals surface area contributed by atoms with Gasteiger partial charge in [0.1, 0.15) is 12.5 Å². The zero-order chi connectivity index (χ0) is 12.5. The lowest BCUT2D eigenvalue weighted by atomic mass is 9.96. The molecule has 2 unspecified atom stereocenters. The van der Waals surface area contributed by atoms with Crippen LogP contribution in [0.25, 0.3) is 0 Å². The number of hydrogen-bond donors (Lipinski definition) is 0. The summed E-state index contributed by atoms with van der Waals surface area (Å²) in [6, 6.07) is 6.26. The van der Waals surface area contributed by atoms with E-state index in [4.69, 9.17) is 0 Å². The maximum Gasteiger partial charge on any atom is 0.150 e. The minimum absolute atomic E-state index is 0.0610. The molecule has 3 nitrogen and oxygen atoms in total. The second kappa shape index (κ2) is 4.56. The van der Waals surface area contributed by atoms with Crippen LogP contribution >= 0.6 is 0 Å². The fourth-order valence-electron chi connectivity index (χ4n) is 2.13. The average molecular weight is 256 g/mol. The summed E-state index contributed by atoms with van der Waals surface area (Å²) in [6.07, 6.45) is -0.302. The SMILES string of the molecule is O=Cc1cccc(C(F)C2CCS(=O)(=O)C2)c1. The van der Waals surface area contributed by atoms with E-state index in [-0.39, 0.29) is 11.5 Å². The fraction of sp³-hybridized carbons (Fsp3) is 0.417. The summed E-state index contributed by atoms with van der Waals surface area (Å²) < 4.78 is 36.7. The minimum Gasteiger partial charge on any atom is -0.298 e. The monoisotopic (exact) mass is 256 g/mol. The van der Waals surface area contributed by atoms with Gasteiger partial charge in [-0.15, -0.1) is 0 Å². The van der Waals surface area contributed by atoms with Crippen molar-refractivity contribution in [1.29, 1.82) is 0 Å². The summed E-state index contributed by atoms with van der Waals surface area (Å²) in [5.74, 6) is -0.521. The number of rotatable bonds is 3. The second-order valence-electron chi connectivity index (χ2n) is 4.35. The molecular weight excluding hydrogens is 243 g/mol. The van der Waals surface area contributed by atoms with Gasteiger partial charge in [-0.1, -0.05) is 18.2 Å². The van der Waals surface area contributed by atoms with Crippen molar-refractivity contribution in [3.8, 4) is 0 Å². The van der Waals surface area contributed by atoms with Crippen LogP contribution in [-0.2, 0) is 9.84 Å². The summed E-state index contributed by atoms with van der Waals surface area (Å²) >= 11 is 0. The molecule has 1 aliphatic rings. The van der Waals surface area contributed by atoms with E-state index in [9.17, 15) is 17.6 Å². The van der Waals surface area contributed by atoms with Gasteiger partial charge in [-0.3, -0.25) is 4.79 Å². The van der Waals surface area contributed by atoms with Crippen LogP contribution in [0, 0.1) is 5.92 Å². The van der Waals surface area contributed by atoms with E-state index in [1.54, 1.807) is 18.2 Å². The molecule has 1 aromatic carbocycles. The zero-order valence-corrected chi connectivity index (χ0v) is 9.99. The lowest BCUT2D eigenvalue weighted by Crippen LogP contribution is -2.11. The first-order valence-electron chi connectivity index (χ1n) is 5.41. The van der Waals surface area contributed by atoms with Crippen molar-refractivity contribution in [1.82, 2.24) is 0 Å². The van der Waals surface area contributed by atoms with Crippen molar-refractivity contribution in [2.24, 2.45) is 5.92 Å². The Kier molecular flexibility index (Phi) is 3.28. The lowest BCUT2D eigenvalue weighted by molar-refractivity contribution is 0.112. The molecule has 0 bridgehead atoms. The van der Waals surface area contributed by atoms with Gasteiger partial charge in [0.2, 0.25) is 0 Å². The topological polar surface area (TPSA) is 51.2 Å². The first-order valence-corrected chi connectivity index (χ1v) is 7.23. The summed E-state index contributed by atoms with van der Waals surface area (Å²) in [4.78, 5) is 10.6. The van der Waals surface area contributed by atoms with Gasteiger partial charge < -0.3 is 0 Å². The highest BCUT2D eigenvalue weighted by molar-refractivity contribution is 7.91. The van der Waals surface area contributed by atoms with E-state index >= 15 is 0 Å². The van der Waals surface area contributed by atoms with Gasteiger partial charge in [-0.2, -0.15) is 0 Å². The Hall–Kier alpha value is -1.23. The van der Waals surface area contributed by atoms with Crippen LogP contribution in [0.2, 0.25) is 0 Å². The second-order valence-corrected chi connectivity index (χ2v) is 6.58. The molecule has 0 saturated carbocycles. The summed E-state index contributed by atoms with van der Waals surface area (Å²) in [6.45, 7) is 0. The van der Waals surface area contributed by atoms with E-state index in [0.717, 1.165) is 0 Å². The lowest BCUT2D eigenvalue weighted by Gasteiger charge is -2.14. The number of sulfone groups is 1. The predicted molar refractivity (Wildman–Crippen MR) is 62.4 cm³/mol. The van der Waals surface area contributed by atoms with Crippen LogP contribution in [0.1, 0.15) is 28.5 Å². The molecule has 17 heavy (non-hydrogen) atoms. The molecule has 1 saturated heterocycles. The Morgan fingerprint density at radius 3 is 2.76 bits per heavy atom. The molecule has 0 amide bonds. The Bertz CT molecular complexity index is 524. The number of benzene rings is 1. The largest absolute Gasteiger partial charge is 0.298 e. The highest BCUT2D eigenvalue weighted by Gasteiger charge is 2.34. The van der Waals surface area contributed by atoms with Crippen molar-refractivity contribution < 1.29 is 17.6 Å². The van der Waals surface area contributed by atoms with E-state index in [0.29, 0.717) is 23.8 Å². The zero-order valence-electron chi connectivity index (χ0n) is 9.17. The third kappa shape index (κ3) is 2.72. The van der Waals surface area contributed by atoms with Gasteiger partial charge in [-0.05, 0) is 18.1 Å². The molecule has 1 fully saturated rings. The highest BCUT2D eigenvalue weighted by atomic mass is 32.2. The quantitative estimate of drug-likeness (QED) is 0.777. The molecule has 1 aromatic rings. The normalized spacial score (nSPS) is 24.4. The standard InChI is InChI=1S/C12H13FO3S/c13-12(11-4-5-17(15,16)8-11)10-3-1-2-9(6-10)7-14/h1-3,6-7,11-12H,4-5,8H2. The van der Waals surface area contributed by atoms with Gasteiger partial charge in [0.25, 0.3) is 0 Å². The molecule has 1 heterocycles. The van der Waals surface area contributed by atoms with E-state index < -0.39 is 21.9 Å². The molecule has 1 aliphatic heterocycles. The van der Waals surface area contributed by atoms with Crippen molar-refractivity contribution in [3.05, 3.63) is 35.4 Å². The Labute approximate surface area is 99.6 Å². The van der Waals surface area contributed by atoms with E-state index in [2.05, 4.69) is 0 Å². The summed E-state index contributed by atoms with van der Waals surface area (Å²) in [5, 5.41) is 0. The summed E-state index contributed by atoms with van der Waals surface area (Å²) in [7, 11) is -3.07. The van der Waals surface area contributed by atoms with Crippen LogP contribution in [-0.4, -0.2) is 26.2 Å². The number of carbonyl (C=O) groups is 1. The molecule has 2 atom stereocenters. The molecule has 2 rings (SSSR count). The van der Waals surface area contributed by atoms with Gasteiger partial charge >= 0.3 is 0 Å². The Morgan fingerprint density at radius 2 is 2.18 bits per heavy atom. The van der Waals surface area contributed by atoms with Crippen LogP contribution in [0.5, 0.6) is 0 Å². The first kappa shape index (κ1) is 12.2. The molecular formula is C12H13FO3S. The average Bonchev–Trinajstić information content (AvgIpc) is 2.69. The number of alkyl halides is 1.